The first-order valence-electron chi connectivity index (χ1n) is 5.51. The minimum absolute atomic E-state index is 0.0859. The highest BCUT2D eigenvalue weighted by molar-refractivity contribution is 5.58. The average molecular weight is 196 g/mol. The standard InChI is InChI=1S/C12H20O2/c1-10(5-8-13)11-3-6-12(2,9-14)7-4-11/h8-11H,3-7H2,1-2H3. The number of carbonyl (C=O) groups is 2. The molecule has 0 aromatic heterocycles. The minimum Gasteiger partial charge on any atom is -0.303 e. The Labute approximate surface area is 86.1 Å². The molecule has 0 aromatic rings. The van der Waals surface area contributed by atoms with Crippen molar-refractivity contribution < 1.29 is 9.59 Å². The SMILES string of the molecule is CC(CC=O)C1CCC(C)(C=O)CC1. The Morgan fingerprint density at radius 1 is 1.36 bits per heavy atom. The molecule has 0 saturated heterocycles. The summed E-state index contributed by atoms with van der Waals surface area (Å²) in [7, 11) is 0. The zero-order valence-electron chi connectivity index (χ0n) is 9.16. The van der Waals surface area contributed by atoms with Crippen LogP contribution in [0.15, 0.2) is 0 Å². The van der Waals surface area contributed by atoms with Crippen LogP contribution in [-0.4, -0.2) is 12.6 Å². The van der Waals surface area contributed by atoms with Crippen molar-refractivity contribution in [2.45, 2.75) is 46.0 Å². The highest BCUT2D eigenvalue weighted by Gasteiger charge is 2.32. The fourth-order valence-corrected chi connectivity index (χ4v) is 2.33. The van der Waals surface area contributed by atoms with E-state index < -0.39 is 0 Å². The van der Waals surface area contributed by atoms with E-state index in [1.54, 1.807) is 0 Å². The van der Waals surface area contributed by atoms with Crippen molar-refractivity contribution in [2.24, 2.45) is 17.3 Å². The minimum atomic E-state index is -0.0859. The second-order valence-corrected chi connectivity index (χ2v) is 4.99. The summed E-state index contributed by atoms with van der Waals surface area (Å²) in [6.07, 6.45) is 6.97. The first kappa shape index (κ1) is 11.4. The normalized spacial score (nSPS) is 34.9. The molecule has 0 radical (unpaired) electrons. The third-order valence-corrected chi connectivity index (χ3v) is 3.73. The van der Waals surface area contributed by atoms with Crippen molar-refractivity contribution in [3.63, 3.8) is 0 Å². The number of rotatable bonds is 4. The van der Waals surface area contributed by atoms with Crippen molar-refractivity contribution in [3.8, 4) is 0 Å². The van der Waals surface area contributed by atoms with Crippen molar-refractivity contribution in [3.05, 3.63) is 0 Å². The van der Waals surface area contributed by atoms with E-state index in [0.29, 0.717) is 18.3 Å². The summed E-state index contributed by atoms with van der Waals surface area (Å²) in [5.41, 5.74) is -0.0859. The van der Waals surface area contributed by atoms with Crippen LogP contribution in [0.2, 0.25) is 0 Å². The first-order chi connectivity index (χ1) is 6.61. The van der Waals surface area contributed by atoms with Gasteiger partial charge in [-0.15, -0.1) is 0 Å². The summed E-state index contributed by atoms with van der Waals surface area (Å²) in [6, 6.07) is 0. The second kappa shape index (κ2) is 4.72. The van der Waals surface area contributed by atoms with Crippen LogP contribution in [0.25, 0.3) is 0 Å². The highest BCUT2D eigenvalue weighted by atomic mass is 16.1. The van der Waals surface area contributed by atoms with Gasteiger partial charge in [-0.1, -0.05) is 13.8 Å². The van der Waals surface area contributed by atoms with Gasteiger partial charge in [0.05, 0.1) is 0 Å². The monoisotopic (exact) mass is 196 g/mol. The lowest BCUT2D eigenvalue weighted by Crippen LogP contribution is -2.28. The van der Waals surface area contributed by atoms with Gasteiger partial charge in [0.15, 0.2) is 0 Å². The third-order valence-electron chi connectivity index (χ3n) is 3.73. The van der Waals surface area contributed by atoms with Gasteiger partial charge in [0.2, 0.25) is 0 Å². The van der Waals surface area contributed by atoms with Gasteiger partial charge in [-0.25, -0.2) is 0 Å². The van der Waals surface area contributed by atoms with Crippen LogP contribution >= 0.6 is 0 Å². The molecular weight excluding hydrogens is 176 g/mol. The van der Waals surface area contributed by atoms with Crippen molar-refractivity contribution in [1.82, 2.24) is 0 Å². The Morgan fingerprint density at radius 2 is 1.93 bits per heavy atom. The lowest BCUT2D eigenvalue weighted by molar-refractivity contribution is -0.118. The smallest absolute Gasteiger partial charge is 0.125 e. The molecule has 0 aliphatic heterocycles. The van der Waals surface area contributed by atoms with Crippen LogP contribution < -0.4 is 0 Å². The quantitative estimate of drug-likeness (QED) is 0.648. The molecule has 2 heteroatoms. The van der Waals surface area contributed by atoms with Gasteiger partial charge >= 0.3 is 0 Å². The summed E-state index contributed by atoms with van der Waals surface area (Å²) < 4.78 is 0. The van der Waals surface area contributed by atoms with Crippen LogP contribution in [0.5, 0.6) is 0 Å². The van der Waals surface area contributed by atoms with E-state index in [2.05, 4.69) is 6.92 Å². The summed E-state index contributed by atoms with van der Waals surface area (Å²) >= 11 is 0. The number of hydrogen-bond acceptors (Lipinski definition) is 2. The van der Waals surface area contributed by atoms with Crippen molar-refractivity contribution in [2.75, 3.05) is 0 Å². The first-order valence-corrected chi connectivity index (χ1v) is 5.51. The Hall–Kier alpha value is -0.660. The molecule has 0 bridgehead atoms. The Bertz CT molecular complexity index is 202. The molecule has 1 atom stereocenters. The number of aldehydes is 2. The molecule has 1 fully saturated rings. The van der Waals surface area contributed by atoms with Crippen molar-refractivity contribution in [1.29, 1.82) is 0 Å². The molecule has 0 N–H and O–H groups in total. The van der Waals surface area contributed by atoms with E-state index >= 15 is 0 Å². The number of hydrogen-bond donors (Lipinski definition) is 0. The van der Waals surface area contributed by atoms with Crippen LogP contribution in [-0.2, 0) is 9.59 Å². The molecule has 14 heavy (non-hydrogen) atoms. The fraction of sp³-hybridized carbons (Fsp3) is 0.833. The van der Waals surface area contributed by atoms with Crippen LogP contribution in [0, 0.1) is 17.3 Å². The van der Waals surface area contributed by atoms with E-state index in [1.165, 1.54) is 0 Å². The van der Waals surface area contributed by atoms with Crippen LogP contribution in [0.4, 0.5) is 0 Å². The van der Waals surface area contributed by atoms with Gasteiger partial charge in [0, 0.05) is 11.8 Å². The molecule has 1 rings (SSSR count). The molecule has 0 heterocycles. The largest absolute Gasteiger partial charge is 0.303 e. The van der Waals surface area contributed by atoms with Gasteiger partial charge < -0.3 is 9.59 Å². The molecule has 0 spiro atoms. The van der Waals surface area contributed by atoms with Gasteiger partial charge in [-0.05, 0) is 37.5 Å². The Kier molecular flexibility index (Phi) is 3.85. The summed E-state index contributed by atoms with van der Waals surface area (Å²) in [6.45, 7) is 4.18. The molecule has 1 aliphatic carbocycles. The van der Waals surface area contributed by atoms with Gasteiger partial charge in [0.25, 0.3) is 0 Å². The molecule has 2 nitrogen and oxygen atoms in total. The van der Waals surface area contributed by atoms with E-state index in [0.717, 1.165) is 38.3 Å². The summed E-state index contributed by atoms with van der Waals surface area (Å²) in [5.74, 6) is 1.14. The fourth-order valence-electron chi connectivity index (χ4n) is 2.33. The Balaban J connectivity index is 2.42. The van der Waals surface area contributed by atoms with E-state index in [4.69, 9.17) is 0 Å². The summed E-state index contributed by atoms with van der Waals surface area (Å²) in [4.78, 5) is 21.2. The lowest BCUT2D eigenvalue weighted by atomic mass is 9.69. The molecule has 0 aromatic carbocycles. The molecule has 1 aliphatic rings. The summed E-state index contributed by atoms with van der Waals surface area (Å²) in [5, 5.41) is 0. The van der Waals surface area contributed by atoms with E-state index in [1.807, 2.05) is 6.92 Å². The van der Waals surface area contributed by atoms with Crippen LogP contribution in [0.3, 0.4) is 0 Å². The average Bonchev–Trinajstić information content (AvgIpc) is 2.19. The van der Waals surface area contributed by atoms with E-state index in [9.17, 15) is 9.59 Å². The van der Waals surface area contributed by atoms with E-state index in [-0.39, 0.29) is 5.41 Å². The highest BCUT2D eigenvalue weighted by Crippen LogP contribution is 2.40. The zero-order chi connectivity index (χ0) is 10.6. The van der Waals surface area contributed by atoms with Gasteiger partial charge in [0.1, 0.15) is 12.6 Å². The maximum atomic E-state index is 10.8. The topological polar surface area (TPSA) is 34.1 Å². The maximum Gasteiger partial charge on any atom is 0.125 e. The maximum absolute atomic E-state index is 10.8. The predicted molar refractivity (Wildman–Crippen MR) is 56.0 cm³/mol. The molecular formula is C12H20O2. The number of carbonyl (C=O) groups excluding carboxylic acids is 2. The predicted octanol–water partition coefficient (Wildman–Crippen LogP) is 2.61. The van der Waals surface area contributed by atoms with Gasteiger partial charge in [-0.2, -0.15) is 0 Å². The second-order valence-electron chi connectivity index (χ2n) is 4.99. The molecule has 1 saturated carbocycles. The molecule has 80 valence electrons. The third kappa shape index (κ3) is 2.66. The zero-order valence-corrected chi connectivity index (χ0v) is 9.16. The van der Waals surface area contributed by atoms with Crippen LogP contribution in [0.1, 0.15) is 46.0 Å². The van der Waals surface area contributed by atoms with Crippen molar-refractivity contribution >= 4 is 12.6 Å². The lowest BCUT2D eigenvalue weighted by Gasteiger charge is -2.35. The van der Waals surface area contributed by atoms with Gasteiger partial charge in [-0.3, -0.25) is 0 Å². The molecule has 0 amide bonds. The molecule has 1 unspecified atom stereocenters. The Morgan fingerprint density at radius 3 is 2.36 bits per heavy atom.